The molecule has 0 fully saturated rings. The van der Waals surface area contributed by atoms with Crippen molar-refractivity contribution in [1.29, 1.82) is 0 Å². The number of rotatable bonds is 3. The van der Waals surface area contributed by atoms with E-state index in [0.717, 1.165) is 5.56 Å². The molecule has 0 aliphatic rings. The van der Waals surface area contributed by atoms with Crippen LogP contribution in [0.5, 0.6) is 0 Å². The molecule has 0 spiro atoms. The Morgan fingerprint density at radius 2 is 1.83 bits per heavy atom. The Morgan fingerprint density at radius 1 is 1.33 bits per heavy atom. The van der Waals surface area contributed by atoms with Crippen molar-refractivity contribution in [2.75, 3.05) is 0 Å². The van der Waals surface area contributed by atoms with Crippen LogP contribution in [-0.2, 0) is 4.74 Å². The van der Waals surface area contributed by atoms with Gasteiger partial charge in [0.15, 0.2) is 0 Å². The molecule has 18 heavy (non-hydrogen) atoms. The predicted molar refractivity (Wildman–Crippen MR) is 69.1 cm³/mol. The summed E-state index contributed by atoms with van der Waals surface area (Å²) in [6.07, 6.45) is 2.45. The van der Waals surface area contributed by atoms with Gasteiger partial charge in [-0.15, -0.1) is 0 Å². The fourth-order valence-electron chi connectivity index (χ4n) is 1.97. The van der Waals surface area contributed by atoms with E-state index >= 15 is 0 Å². The lowest BCUT2D eigenvalue weighted by atomic mass is 9.79. The standard InChI is InChI=1S/C13H21N3O2/c1-8(10-6-15-9(2)16-7-10)11(13(3,4)5)18-12(14)17/h6-8,11H,1-5H3,(H2,14,17). The average molecular weight is 251 g/mol. The van der Waals surface area contributed by atoms with Crippen LogP contribution in [0.1, 0.15) is 45.0 Å². The highest BCUT2D eigenvalue weighted by atomic mass is 16.6. The number of ether oxygens (including phenoxy) is 1. The molecule has 0 bridgehead atoms. The van der Waals surface area contributed by atoms with Gasteiger partial charge >= 0.3 is 6.09 Å². The monoisotopic (exact) mass is 251 g/mol. The van der Waals surface area contributed by atoms with Gasteiger partial charge in [0.25, 0.3) is 0 Å². The molecule has 0 saturated heterocycles. The van der Waals surface area contributed by atoms with E-state index in [1.807, 2.05) is 34.6 Å². The zero-order chi connectivity index (χ0) is 13.9. The molecule has 5 heteroatoms. The summed E-state index contributed by atoms with van der Waals surface area (Å²) in [6, 6.07) is 0. The molecule has 0 saturated carbocycles. The summed E-state index contributed by atoms with van der Waals surface area (Å²) < 4.78 is 5.24. The summed E-state index contributed by atoms with van der Waals surface area (Å²) in [7, 11) is 0. The van der Waals surface area contributed by atoms with Crippen LogP contribution in [0, 0.1) is 12.3 Å². The van der Waals surface area contributed by atoms with Gasteiger partial charge in [-0.25, -0.2) is 14.8 Å². The molecule has 2 N–H and O–H groups in total. The molecule has 1 aromatic rings. The van der Waals surface area contributed by atoms with Gasteiger partial charge in [0.05, 0.1) is 0 Å². The van der Waals surface area contributed by atoms with Crippen LogP contribution in [-0.4, -0.2) is 22.2 Å². The molecule has 2 atom stereocenters. The maximum absolute atomic E-state index is 11.0. The third-order valence-corrected chi connectivity index (χ3v) is 2.88. The minimum absolute atomic E-state index is 0.0156. The lowest BCUT2D eigenvalue weighted by Gasteiger charge is -2.34. The minimum Gasteiger partial charge on any atom is -0.445 e. The Morgan fingerprint density at radius 3 is 2.22 bits per heavy atom. The van der Waals surface area contributed by atoms with E-state index in [4.69, 9.17) is 10.5 Å². The van der Waals surface area contributed by atoms with Gasteiger partial charge in [0.1, 0.15) is 11.9 Å². The molecule has 1 heterocycles. The average Bonchev–Trinajstić information content (AvgIpc) is 2.24. The van der Waals surface area contributed by atoms with Crippen LogP contribution in [0.25, 0.3) is 0 Å². The summed E-state index contributed by atoms with van der Waals surface area (Å²) in [4.78, 5) is 19.3. The molecule has 1 aromatic heterocycles. The Bertz CT molecular complexity index is 409. The summed E-state index contributed by atoms with van der Waals surface area (Å²) in [5, 5.41) is 0. The van der Waals surface area contributed by atoms with Crippen molar-refractivity contribution < 1.29 is 9.53 Å². The molecule has 0 aliphatic heterocycles. The van der Waals surface area contributed by atoms with Gasteiger partial charge in [0.2, 0.25) is 0 Å². The Hall–Kier alpha value is -1.65. The number of hydrogen-bond donors (Lipinski definition) is 1. The number of carbonyl (C=O) groups is 1. The third kappa shape index (κ3) is 3.68. The summed E-state index contributed by atoms with van der Waals surface area (Å²) in [6.45, 7) is 9.83. The summed E-state index contributed by atoms with van der Waals surface area (Å²) in [5.41, 5.74) is 5.86. The van der Waals surface area contributed by atoms with Gasteiger partial charge in [-0.2, -0.15) is 0 Å². The normalized spacial score (nSPS) is 14.9. The third-order valence-electron chi connectivity index (χ3n) is 2.88. The van der Waals surface area contributed by atoms with E-state index in [0.29, 0.717) is 5.82 Å². The van der Waals surface area contributed by atoms with Crippen LogP contribution in [0.4, 0.5) is 4.79 Å². The van der Waals surface area contributed by atoms with Gasteiger partial charge in [-0.05, 0) is 17.9 Å². The molecule has 5 nitrogen and oxygen atoms in total. The van der Waals surface area contributed by atoms with Gasteiger partial charge < -0.3 is 10.5 Å². The lowest BCUT2D eigenvalue weighted by Crippen LogP contribution is -2.37. The van der Waals surface area contributed by atoms with Crippen LogP contribution in [0.2, 0.25) is 0 Å². The largest absolute Gasteiger partial charge is 0.445 e. The number of nitrogens with zero attached hydrogens (tertiary/aromatic N) is 2. The molecular formula is C13H21N3O2. The molecule has 1 rings (SSSR count). The van der Waals surface area contributed by atoms with Crippen molar-refractivity contribution in [2.45, 2.75) is 46.6 Å². The zero-order valence-corrected chi connectivity index (χ0v) is 11.6. The first-order valence-corrected chi connectivity index (χ1v) is 5.96. The molecule has 1 amide bonds. The number of hydrogen-bond acceptors (Lipinski definition) is 4. The van der Waals surface area contributed by atoms with E-state index in [-0.39, 0.29) is 17.4 Å². The highest BCUT2D eigenvalue weighted by Crippen LogP contribution is 2.33. The summed E-state index contributed by atoms with van der Waals surface area (Å²) in [5.74, 6) is 0.701. The highest BCUT2D eigenvalue weighted by molar-refractivity contribution is 5.65. The molecule has 100 valence electrons. The zero-order valence-electron chi connectivity index (χ0n) is 11.6. The fourth-order valence-corrected chi connectivity index (χ4v) is 1.97. The van der Waals surface area contributed by atoms with Crippen molar-refractivity contribution in [3.63, 3.8) is 0 Å². The van der Waals surface area contributed by atoms with Crippen molar-refractivity contribution in [3.05, 3.63) is 23.8 Å². The Labute approximate surface area is 108 Å². The smallest absolute Gasteiger partial charge is 0.404 e. The first kappa shape index (κ1) is 14.4. The number of amides is 1. The predicted octanol–water partition coefficient (Wildman–Crippen LogP) is 2.40. The minimum atomic E-state index is -0.755. The Kier molecular flexibility index (Phi) is 4.27. The molecule has 2 unspecified atom stereocenters. The highest BCUT2D eigenvalue weighted by Gasteiger charge is 2.33. The molecular weight excluding hydrogens is 230 g/mol. The molecule has 0 aromatic carbocycles. The van der Waals surface area contributed by atoms with E-state index in [9.17, 15) is 4.79 Å². The Balaban J connectivity index is 2.98. The van der Waals surface area contributed by atoms with E-state index in [1.54, 1.807) is 12.4 Å². The maximum Gasteiger partial charge on any atom is 0.404 e. The topological polar surface area (TPSA) is 78.1 Å². The first-order chi connectivity index (χ1) is 8.21. The van der Waals surface area contributed by atoms with Gasteiger partial charge in [-0.1, -0.05) is 27.7 Å². The van der Waals surface area contributed by atoms with Crippen LogP contribution in [0.3, 0.4) is 0 Å². The lowest BCUT2D eigenvalue weighted by molar-refractivity contribution is 0.0217. The van der Waals surface area contributed by atoms with E-state index < -0.39 is 6.09 Å². The number of aromatic nitrogens is 2. The summed E-state index contributed by atoms with van der Waals surface area (Å²) >= 11 is 0. The quantitative estimate of drug-likeness (QED) is 0.894. The van der Waals surface area contributed by atoms with E-state index in [2.05, 4.69) is 9.97 Å². The van der Waals surface area contributed by atoms with Crippen molar-refractivity contribution >= 4 is 6.09 Å². The number of primary amides is 1. The van der Waals surface area contributed by atoms with Crippen molar-refractivity contribution in [1.82, 2.24) is 9.97 Å². The molecule has 0 radical (unpaired) electrons. The molecule has 0 aliphatic carbocycles. The maximum atomic E-state index is 11.0. The SMILES string of the molecule is Cc1ncc(C(C)C(OC(N)=O)C(C)(C)C)cn1. The number of aryl methyl sites for hydroxylation is 1. The van der Waals surface area contributed by atoms with Crippen molar-refractivity contribution in [3.8, 4) is 0 Å². The van der Waals surface area contributed by atoms with Crippen LogP contribution >= 0.6 is 0 Å². The van der Waals surface area contributed by atoms with Gasteiger partial charge in [0, 0.05) is 18.3 Å². The van der Waals surface area contributed by atoms with Crippen LogP contribution < -0.4 is 5.73 Å². The fraction of sp³-hybridized carbons (Fsp3) is 0.615. The van der Waals surface area contributed by atoms with Crippen molar-refractivity contribution in [2.24, 2.45) is 11.1 Å². The first-order valence-electron chi connectivity index (χ1n) is 5.96. The number of nitrogens with two attached hydrogens (primary N) is 1. The second-order valence-corrected chi connectivity index (χ2v) is 5.58. The second-order valence-electron chi connectivity index (χ2n) is 5.58. The number of carbonyl (C=O) groups excluding carboxylic acids is 1. The van der Waals surface area contributed by atoms with Crippen LogP contribution in [0.15, 0.2) is 12.4 Å². The second kappa shape index (κ2) is 5.33. The van der Waals surface area contributed by atoms with E-state index in [1.165, 1.54) is 0 Å². The van der Waals surface area contributed by atoms with Gasteiger partial charge in [-0.3, -0.25) is 0 Å².